The average molecular weight is 346 g/mol. The molecule has 24 heavy (non-hydrogen) atoms. The number of aryl methyl sites for hydroxylation is 1. The number of aromatic nitrogens is 5. The van der Waals surface area contributed by atoms with Crippen LogP contribution >= 0.6 is 11.8 Å². The third-order valence-electron chi connectivity index (χ3n) is 3.65. The van der Waals surface area contributed by atoms with Gasteiger partial charge in [-0.3, -0.25) is 4.68 Å². The molecule has 1 aliphatic rings. The van der Waals surface area contributed by atoms with E-state index in [1.54, 1.807) is 6.92 Å². The molecule has 0 amide bonds. The van der Waals surface area contributed by atoms with Crippen molar-refractivity contribution in [1.29, 1.82) is 0 Å². The molecule has 2 aromatic heterocycles. The number of fused-ring (bicyclic) bond motifs is 1. The molecule has 1 N–H and O–H groups in total. The highest BCUT2D eigenvalue weighted by atomic mass is 32.2. The molecule has 2 heterocycles. The van der Waals surface area contributed by atoms with Gasteiger partial charge in [-0.05, 0) is 26.0 Å². The lowest BCUT2D eigenvalue weighted by atomic mass is 10.0. The number of rotatable bonds is 5. The molecule has 0 unspecified atom stereocenters. The van der Waals surface area contributed by atoms with E-state index in [-0.39, 0.29) is 12.3 Å². The van der Waals surface area contributed by atoms with E-state index in [1.807, 2.05) is 24.2 Å². The summed E-state index contributed by atoms with van der Waals surface area (Å²) in [5.74, 6) is -0.203. The molecule has 3 rings (SSSR count). The summed E-state index contributed by atoms with van der Waals surface area (Å²) in [7, 11) is 1.92. The van der Waals surface area contributed by atoms with Gasteiger partial charge in [0, 0.05) is 24.0 Å². The number of hydrogen-bond acceptors (Lipinski definition) is 8. The van der Waals surface area contributed by atoms with Crippen LogP contribution in [0.5, 0.6) is 0 Å². The number of thioether (sulfide) groups is 1. The Labute approximate surface area is 143 Å². The minimum Gasteiger partial charge on any atom is -0.461 e. The third-order valence-corrected chi connectivity index (χ3v) is 4.19. The lowest BCUT2D eigenvalue weighted by Gasteiger charge is -2.17. The van der Waals surface area contributed by atoms with Crippen LogP contribution in [-0.2, 0) is 18.2 Å². The highest BCUT2D eigenvalue weighted by molar-refractivity contribution is 7.98. The van der Waals surface area contributed by atoms with Gasteiger partial charge in [0.15, 0.2) is 5.82 Å². The quantitative estimate of drug-likeness (QED) is 0.648. The van der Waals surface area contributed by atoms with Crippen LogP contribution in [-0.4, -0.2) is 43.8 Å². The summed E-state index contributed by atoms with van der Waals surface area (Å²) in [5.41, 5.74) is 3.08. The number of anilines is 1. The van der Waals surface area contributed by atoms with Crippen molar-refractivity contribution >= 4 is 29.2 Å². The van der Waals surface area contributed by atoms with Gasteiger partial charge in [-0.25, -0.2) is 9.78 Å². The van der Waals surface area contributed by atoms with Gasteiger partial charge < -0.3 is 10.1 Å². The maximum Gasteiger partial charge on any atom is 0.362 e. The van der Waals surface area contributed by atoms with Gasteiger partial charge in [0.1, 0.15) is 0 Å². The molecule has 126 valence electrons. The number of carbonyl (C=O) groups is 1. The summed E-state index contributed by atoms with van der Waals surface area (Å²) in [6.07, 6.45) is 7.54. The number of carbonyl (C=O) groups excluding carboxylic acids is 1. The van der Waals surface area contributed by atoms with Crippen molar-refractivity contribution in [2.45, 2.75) is 24.9 Å². The number of hydrogen-bond donors (Lipinski definition) is 1. The predicted octanol–water partition coefficient (Wildman–Crippen LogP) is 1.90. The molecule has 9 heteroatoms. The molecule has 0 radical (unpaired) electrons. The topological polar surface area (TPSA) is 94.8 Å². The molecule has 8 nitrogen and oxygen atoms in total. The fourth-order valence-corrected chi connectivity index (χ4v) is 2.82. The first-order valence-electron chi connectivity index (χ1n) is 7.58. The van der Waals surface area contributed by atoms with Gasteiger partial charge in [0.25, 0.3) is 0 Å². The second-order valence-electron chi connectivity index (χ2n) is 5.13. The Bertz CT molecular complexity index is 801. The van der Waals surface area contributed by atoms with E-state index in [0.717, 1.165) is 29.8 Å². The summed E-state index contributed by atoms with van der Waals surface area (Å²) in [5, 5.41) is 15.9. The van der Waals surface area contributed by atoms with E-state index in [4.69, 9.17) is 4.74 Å². The fourth-order valence-electron chi connectivity index (χ4n) is 2.52. The third kappa shape index (κ3) is 3.12. The molecule has 0 atom stereocenters. The van der Waals surface area contributed by atoms with Crippen molar-refractivity contribution in [3.63, 3.8) is 0 Å². The Morgan fingerprint density at radius 3 is 3.04 bits per heavy atom. The molecule has 0 saturated carbocycles. The highest BCUT2D eigenvalue weighted by Crippen LogP contribution is 2.28. The van der Waals surface area contributed by atoms with Gasteiger partial charge in [0.2, 0.25) is 10.9 Å². The molecule has 0 bridgehead atoms. The van der Waals surface area contributed by atoms with E-state index in [9.17, 15) is 4.79 Å². The summed E-state index contributed by atoms with van der Waals surface area (Å²) in [4.78, 5) is 16.5. The Morgan fingerprint density at radius 2 is 2.29 bits per heavy atom. The minimum absolute atomic E-state index is 0.0755. The van der Waals surface area contributed by atoms with Crippen LogP contribution in [0, 0.1) is 0 Å². The normalized spacial score (nSPS) is 13.2. The van der Waals surface area contributed by atoms with Gasteiger partial charge >= 0.3 is 5.97 Å². The van der Waals surface area contributed by atoms with Crippen LogP contribution in [0.3, 0.4) is 0 Å². The van der Waals surface area contributed by atoms with Crippen molar-refractivity contribution in [3.05, 3.63) is 29.2 Å². The second-order valence-corrected chi connectivity index (χ2v) is 5.90. The van der Waals surface area contributed by atoms with Gasteiger partial charge in [0.05, 0.1) is 12.8 Å². The SMILES string of the molecule is CCOC(=O)c1nnc(SC)nc1NC1=CCCc2c1cnn2C. The number of esters is 1. The van der Waals surface area contributed by atoms with Crippen molar-refractivity contribution in [3.8, 4) is 0 Å². The predicted molar refractivity (Wildman–Crippen MR) is 90.7 cm³/mol. The molecule has 0 spiro atoms. The fraction of sp³-hybridized carbons (Fsp3) is 0.400. The van der Waals surface area contributed by atoms with Gasteiger partial charge in [-0.15, -0.1) is 10.2 Å². The van der Waals surface area contributed by atoms with Gasteiger partial charge in [-0.2, -0.15) is 5.10 Å². The van der Waals surface area contributed by atoms with E-state index >= 15 is 0 Å². The van der Waals surface area contributed by atoms with Crippen molar-refractivity contribution < 1.29 is 9.53 Å². The lowest BCUT2D eigenvalue weighted by Crippen LogP contribution is -2.16. The molecule has 0 fully saturated rings. The van der Waals surface area contributed by atoms with Crippen molar-refractivity contribution in [2.24, 2.45) is 7.05 Å². The Kier molecular flexibility index (Phi) is 4.79. The Hall–Kier alpha value is -2.42. The van der Waals surface area contributed by atoms with E-state index in [2.05, 4.69) is 31.7 Å². The van der Waals surface area contributed by atoms with Crippen molar-refractivity contribution in [1.82, 2.24) is 25.0 Å². The van der Waals surface area contributed by atoms with E-state index in [0.29, 0.717) is 11.0 Å². The standard InChI is InChI=1S/C15H18N6O2S/c1-4-23-14(22)12-13(18-15(24-3)20-19-12)17-10-6-5-7-11-9(10)8-16-21(11)2/h6,8H,4-5,7H2,1-3H3,(H,17,18,20). The van der Waals surface area contributed by atoms with Crippen LogP contribution in [0.4, 0.5) is 5.82 Å². The number of allylic oxidation sites excluding steroid dienone is 1. The summed E-state index contributed by atoms with van der Waals surface area (Å²) in [6, 6.07) is 0. The monoisotopic (exact) mass is 346 g/mol. The molecular weight excluding hydrogens is 328 g/mol. The summed E-state index contributed by atoms with van der Waals surface area (Å²) in [6.45, 7) is 2.01. The molecule has 2 aromatic rings. The van der Waals surface area contributed by atoms with Crippen molar-refractivity contribution in [2.75, 3.05) is 18.2 Å². The zero-order valence-corrected chi connectivity index (χ0v) is 14.6. The summed E-state index contributed by atoms with van der Waals surface area (Å²) >= 11 is 1.36. The molecule has 0 aliphatic heterocycles. The summed E-state index contributed by atoms with van der Waals surface area (Å²) < 4.78 is 6.90. The first-order valence-corrected chi connectivity index (χ1v) is 8.80. The zero-order chi connectivity index (χ0) is 17.1. The van der Waals surface area contributed by atoms with Gasteiger partial charge in [-0.1, -0.05) is 17.8 Å². The van der Waals surface area contributed by atoms with Crippen LogP contribution in [0.1, 0.15) is 35.1 Å². The van der Waals surface area contributed by atoms with Crippen LogP contribution in [0.25, 0.3) is 5.70 Å². The molecule has 0 aromatic carbocycles. The average Bonchev–Trinajstić information content (AvgIpc) is 2.97. The Morgan fingerprint density at radius 1 is 1.46 bits per heavy atom. The number of nitrogens with one attached hydrogen (secondary N) is 1. The van der Waals surface area contributed by atoms with Crippen LogP contribution in [0.15, 0.2) is 17.4 Å². The van der Waals surface area contributed by atoms with Crippen LogP contribution in [0.2, 0.25) is 0 Å². The van der Waals surface area contributed by atoms with Crippen LogP contribution < -0.4 is 5.32 Å². The smallest absolute Gasteiger partial charge is 0.362 e. The molecule has 0 saturated heterocycles. The number of nitrogens with zero attached hydrogens (tertiary/aromatic N) is 5. The molecular formula is C15H18N6O2S. The lowest BCUT2D eigenvalue weighted by molar-refractivity contribution is 0.0518. The van der Waals surface area contributed by atoms with E-state index < -0.39 is 5.97 Å². The van der Waals surface area contributed by atoms with E-state index in [1.165, 1.54) is 11.8 Å². The largest absolute Gasteiger partial charge is 0.461 e. The Balaban J connectivity index is 1.96. The number of ether oxygens (including phenoxy) is 1. The maximum atomic E-state index is 12.1. The highest BCUT2D eigenvalue weighted by Gasteiger charge is 2.22. The first kappa shape index (κ1) is 16.4. The minimum atomic E-state index is -0.546. The zero-order valence-electron chi connectivity index (χ0n) is 13.7. The maximum absolute atomic E-state index is 12.1. The molecule has 1 aliphatic carbocycles. The first-order chi connectivity index (χ1) is 11.6. The second kappa shape index (κ2) is 7.00.